The van der Waals surface area contributed by atoms with Crippen LogP contribution in [0.5, 0.6) is 5.75 Å². The fourth-order valence-electron chi connectivity index (χ4n) is 1.84. The van der Waals surface area contributed by atoms with Gasteiger partial charge in [0.2, 0.25) is 0 Å². The Balaban J connectivity index is 2.17. The Morgan fingerprint density at radius 3 is 2.35 bits per heavy atom. The Morgan fingerprint density at radius 1 is 1.05 bits per heavy atom. The zero-order valence-corrected chi connectivity index (χ0v) is 13.2. The van der Waals surface area contributed by atoms with Crippen molar-refractivity contribution in [2.75, 3.05) is 11.9 Å². The van der Waals surface area contributed by atoms with Crippen LogP contribution < -0.4 is 10.1 Å². The van der Waals surface area contributed by atoms with Crippen molar-refractivity contribution in [3.05, 3.63) is 57.0 Å². The minimum Gasteiger partial charge on any atom is -0.494 e. The van der Waals surface area contributed by atoms with Crippen molar-refractivity contribution in [3.63, 3.8) is 0 Å². The maximum absolute atomic E-state index is 6.14. The molecule has 0 radical (unpaired) electrons. The normalized spacial score (nSPS) is 10.4. The number of halogens is 3. The summed E-state index contributed by atoms with van der Waals surface area (Å²) in [6.45, 7) is 3.15. The van der Waals surface area contributed by atoms with Crippen LogP contribution in [0.4, 0.5) is 5.69 Å². The predicted octanol–water partition coefficient (Wildman–Crippen LogP) is 5.66. The molecule has 0 atom stereocenters. The van der Waals surface area contributed by atoms with Gasteiger partial charge in [0.1, 0.15) is 5.75 Å². The summed E-state index contributed by atoms with van der Waals surface area (Å²) in [6, 6.07) is 11.2. The van der Waals surface area contributed by atoms with Gasteiger partial charge in [-0.2, -0.15) is 0 Å². The quantitative estimate of drug-likeness (QED) is 0.764. The van der Waals surface area contributed by atoms with E-state index in [0.29, 0.717) is 33.9 Å². The van der Waals surface area contributed by atoms with Crippen molar-refractivity contribution in [1.29, 1.82) is 0 Å². The van der Waals surface area contributed by atoms with E-state index in [9.17, 15) is 0 Å². The lowest BCUT2D eigenvalue weighted by Crippen LogP contribution is -2.04. The number of anilines is 1. The van der Waals surface area contributed by atoms with Gasteiger partial charge in [-0.15, -0.1) is 0 Å². The number of benzene rings is 2. The Labute approximate surface area is 133 Å². The van der Waals surface area contributed by atoms with E-state index < -0.39 is 0 Å². The van der Waals surface area contributed by atoms with E-state index in [1.54, 1.807) is 12.1 Å². The van der Waals surface area contributed by atoms with E-state index in [2.05, 4.69) is 5.32 Å². The van der Waals surface area contributed by atoms with Crippen molar-refractivity contribution in [2.24, 2.45) is 0 Å². The fourth-order valence-corrected chi connectivity index (χ4v) is 2.79. The second-order valence-electron chi connectivity index (χ2n) is 4.14. The van der Waals surface area contributed by atoms with Crippen LogP contribution in [0.25, 0.3) is 0 Å². The van der Waals surface area contributed by atoms with Crippen molar-refractivity contribution >= 4 is 40.5 Å². The first-order valence-electron chi connectivity index (χ1n) is 6.21. The molecule has 106 valence electrons. The average molecular weight is 331 g/mol. The number of ether oxygens (including phenoxy) is 1. The summed E-state index contributed by atoms with van der Waals surface area (Å²) in [4.78, 5) is 0. The third kappa shape index (κ3) is 3.72. The maximum atomic E-state index is 6.14. The fraction of sp³-hybridized carbons (Fsp3) is 0.200. The van der Waals surface area contributed by atoms with Crippen LogP contribution >= 0.6 is 34.8 Å². The van der Waals surface area contributed by atoms with E-state index in [-0.39, 0.29) is 0 Å². The molecule has 0 saturated heterocycles. The monoisotopic (exact) mass is 329 g/mol. The molecule has 0 unspecified atom stereocenters. The summed E-state index contributed by atoms with van der Waals surface area (Å²) in [7, 11) is 0. The van der Waals surface area contributed by atoms with Crippen LogP contribution in [0, 0.1) is 0 Å². The molecule has 0 amide bonds. The molecule has 0 saturated carbocycles. The zero-order valence-electron chi connectivity index (χ0n) is 10.9. The third-order valence-electron chi connectivity index (χ3n) is 2.73. The highest BCUT2D eigenvalue weighted by molar-refractivity contribution is 6.41. The van der Waals surface area contributed by atoms with E-state index >= 15 is 0 Å². The predicted molar refractivity (Wildman–Crippen MR) is 86.4 cm³/mol. The molecule has 1 N–H and O–H groups in total. The third-order valence-corrected chi connectivity index (χ3v) is 3.55. The van der Waals surface area contributed by atoms with Crippen LogP contribution in [-0.4, -0.2) is 6.61 Å². The van der Waals surface area contributed by atoms with E-state index in [0.717, 1.165) is 11.3 Å². The Kier molecular flexibility index (Phi) is 5.41. The minimum atomic E-state index is 0.497. The first kappa shape index (κ1) is 15.3. The van der Waals surface area contributed by atoms with Crippen LogP contribution in [0.2, 0.25) is 15.1 Å². The molecule has 0 aliphatic heterocycles. The summed E-state index contributed by atoms with van der Waals surface area (Å²) >= 11 is 18.2. The molecular formula is C15H14Cl3NO. The number of rotatable bonds is 5. The molecule has 0 aromatic heterocycles. The molecule has 2 aromatic rings. The standard InChI is InChI=1S/C15H14Cl3NO/c1-2-20-14-6-4-3-5-10(14)9-19-15-12(17)7-11(16)8-13(15)18/h3-8,19H,2,9H2,1H3. The highest BCUT2D eigenvalue weighted by Crippen LogP contribution is 2.34. The van der Waals surface area contributed by atoms with Crippen molar-refractivity contribution in [1.82, 2.24) is 0 Å². The molecular weight excluding hydrogens is 317 g/mol. The average Bonchev–Trinajstić information content (AvgIpc) is 2.39. The van der Waals surface area contributed by atoms with E-state index in [1.165, 1.54) is 0 Å². The van der Waals surface area contributed by atoms with Crippen LogP contribution in [0.3, 0.4) is 0 Å². The summed E-state index contributed by atoms with van der Waals surface area (Å²) in [5, 5.41) is 4.73. The molecule has 0 bridgehead atoms. The van der Waals surface area contributed by atoms with Gasteiger partial charge in [0.05, 0.1) is 22.3 Å². The molecule has 0 aliphatic carbocycles. The molecule has 2 aromatic carbocycles. The Hall–Kier alpha value is -1.09. The number of hydrogen-bond donors (Lipinski definition) is 1. The van der Waals surface area contributed by atoms with E-state index in [4.69, 9.17) is 39.5 Å². The van der Waals surface area contributed by atoms with Gasteiger partial charge in [0.15, 0.2) is 0 Å². The highest BCUT2D eigenvalue weighted by atomic mass is 35.5. The van der Waals surface area contributed by atoms with Crippen LogP contribution in [0.15, 0.2) is 36.4 Å². The minimum absolute atomic E-state index is 0.497. The lowest BCUT2D eigenvalue weighted by Gasteiger charge is -2.14. The molecule has 0 fully saturated rings. The van der Waals surface area contributed by atoms with Gasteiger partial charge in [0, 0.05) is 17.1 Å². The largest absolute Gasteiger partial charge is 0.494 e. The number of hydrogen-bond acceptors (Lipinski definition) is 2. The summed E-state index contributed by atoms with van der Waals surface area (Å²) in [5.41, 5.74) is 1.71. The molecule has 20 heavy (non-hydrogen) atoms. The molecule has 2 nitrogen and oxygen atoms in total. The lowest BCUT2D eigenvalue weighted by atomic mass is 10.2. The van der Waals surface area contributed by atoms with Gasteiger partial charge in [-0.05, 0) is 25.1 Å². The van der Waals surface area contributed by atoms with Gasteiger partial charge < -0.3 is 10.1 Å². The van der Waals surface area contributed by atoms with Crippen molar-refractivity contribution < 1.29 is 4.74 Å². The van der Waals surface area contributed by atoms with Crippen LogP contribution in [0.1, 0.15) is 12.5 Å². The van der Waals surface area contributed by atoms with Gasteiger partial charge in [-0.1, -0.05) is 53.0 Å². The first-order valence-corrected chi connectivity index (χ1v) is 7.34. The molecule has 0 spiro atoms. The van der Waals surface area contributed by atoms with Gasteiger partial charge in [0.25, 0.3) is 0 Å². The lowest BCUT2D eigenvalue weighted by molar-refractivity contribution is 0.337. The zero-order chi connectivity index (χ0) is 14.5. The maximum Gasteiger partial charge on any atom is 0.124 e. The van der Waals surface area contributed by atoms with Crippen molar-refractivity contribution in [3.8, 4) is 5.75 Å². The Morgan fingerprint density at radius 2 is 1.70 bits per heavy atom. The van der Waals surface area contributed by atoms with E-state index in [1.807, 2.05) is 31.2 Å². The molecule has 0 heterocycles. The van der Waals surface area contributed by atoms with Gasteiger partial charge in [-0.25, -0.2) is 0 Å². The summed E-state index contributed by atoms with van der Waals surface area (Å²) in [5.74, 6) is 0.851. The van der Waals surface area contributed by atoms with Gasteiger partial charge >= 0.3 is 0 Å². The molecule has 2 rings (SSSR count). The number of nitrogens with one attached hydrogen (secondary N) is 1. The Bertz CT molecular complexity index is 578. The number of para-hydroxylation sites is 1. The molecule has 0 aliphatic rings. The second kappa shape index (κ2) is 7.07. The SMILES string of the molecule is CCOc1ccccc1CNc1c(Cl)cc(Cl)cc1Cl. The summed E-state index contributed by atoms with van der Waals surface area (Å²) < 4.78 is 5.58. The van der Waals surface area contributed by atoms with Crippen molar-refractivity contribution in [2.45, 2.75) is 13.5 Å². The van der Waals surface area contributed by atoms with Gasteiger partial charge in [-0.3, -0.25) is 0 Å². The molecule has 5 heteroatoms. The first-order chi connectivity index (χ1) is 9.61. The summed E-state index contributed by atoms with van der Waals surface area (Å²) in [6.07, 6.45) is 0. The topological polar surface area (TPSA) is 21.3 Å². The smallest absolute Gasteiger partial charge is 0.124 e. The van der Waals surface area contributed by atoms with Crippen LogP contribution in [-0.2, 0) is 6.54 Å². The second-order valence-corrected chi connectivity index (χ2v) is 5.39. The highest BCUT2D eigenvalue weighted by Gasteiger charge is 2.09.